The van der Waals surface area contributed by atoms with Crippen LogP contribution in [0.3, 0.4) is 0 Å². The Morgan fingerprint density at radius 3 is 2.54 bits per heavy atom. The number of hydrogen-bond acceptors (Lipinski definition) is 4. The molecule has 3 saturated heterocycles. The average molecular weight is 388 g/mol. The van der Waals surface area contributed by atoms with Gasteiger partial charge in [0.15, 0.2) is 6.29 Å². The lowest BCUT2D eigenvalue weighted by atomic mass is 9.65. The first kappa shape index (κ1) is 20.3. The molecule has 1 aromatic carbocycles. The lowest BCUT2D eigenvalue weighted by molar-refractivity contribution is -0.194. The van der Waals surface area contributed by atoms with E-state index in [-0.39, 0.29) is 22.8 Å². The van der Waals surface area contributed by atoms with E-state index < -0.39 is 0 Å². The number of hydrogen-bond donors (Lipinski definition) is 0. The van der Waals surface area contributed by atoms with Crippen LogP contribution in [0.1, 0.15) is 64.4 Å². The Bertz CT molecular complexity index is 647. The van der Waals surface area contributed by atoms with Gasteiger partial charge in [-0.1, -0.05) is 37.3 Å². The van der Waals surface area contributed by atoms with Gasteiger partial charge in [-0.05, 0) is 51.0 Å². The fraction of sp³-hybridized carbons (Fsp3) is 0.750. The molecule has 3 aliphatic heterocycles. The Hall–Kier alpha value is -0.940. The SMILES string of the molecule is COC1(CCC2OCCCO2)CCN2CC(C)(c3ccccc3)CCC2(C)C1. The van der Waals surface area contributed by atoms with Crippen LogP contribution in [0.15, 0.2) is 30.3 Å². The van der Waals surface area contributed by atoms with Gasteiger partial charge >= 0.3 is 0 Å². The van der Waals surface area contributed by atoms with E-state index in [1.54, 1.807) is 0 Å². The van der Waals surface area contributed by atoms with Crippen molar-refractivity contribution < 1.29 is 14.2 Å². The highest BCUT2D eigenvalue weighted by Crippen LogP contribution is 2.48. The van der Waals surface area contributed by atoms with Crippen molar-refractivity contribution in [3.05, 3.63) is 35.9 Å². The largest absolute Gasteiger partial charge is 0.378 e. The van der Waals surface area contributed by atoms with Crippen molar-refractivity contribution in [2.75, 3.05) is 33.4 Å². The van der Waals surface area contributed by atoms with Crippen molar-refractivity contribution in [2.45, 2.75) is 81.6 Å². The molecule has 0 radical (unpaired) electrons. The minimum Gasteiger partial charge on any atom is -0.378 e. The molecular weight excluding hydrogens is 350 g/mol. The minimum atomic E-state index is -0.0457. The van der Waals surface area contributed by atoms with Crippen LogP contribution in [-0.2, 0) is 19.6 Å². The second kappa shape index (κ2) is 8.06. The summed E-state index contributed by atoms with van der Waals surface area (Å²) in [5.74, 6) is 0. The Labute approximate surface area is 170 Å². The van der Waals surface area contributed by atoms with E-state index in [0.717, 1.165) is 58.4 Å². The van der Waals surface area contributed by atoms with Crippen LogP contribution in [0.5, 0.6) is 0 Å². The molecule has 3 heterocycles. The van der Waals surface area contributed by atoms with Crippen molar-refractivity contribution in [3.63, 3.8) is 0 Å². The maximum absolute atomic E-state index is 6.18. The van der Waals surface area contributed by atoms with Gasteiger partial charge in [0.05, 0.1) is 18.8 Å². The average Bonchev–Trinajstić information content (AvgIpc) is 2.74. The molecule has 0 amide bonds. The number of rotatable bonds is 5. The predicted octanol–water partition coefficient (Wildman–Crippen LogP) is 4.52. The van der Waals surface area contributed by atoms with Crippen molar-refractivity contribution in [1.29, 1.82) is 0 Å². The zero-order chi connectivity index (χ0) is 19.7. The first-order chi connectivity index (χ1) is 13.5. The van der Waals surface area contributed by atoms with Gasteiger partial charge in [0.1, 0.15) is 0 Å². The van der Waals surface area contributed by atoms with Gasteiger partial charge in [0.2, 0.25) is 0 Å². The Morgan fingerprint density at radius 2 is 1.82 bits per heavy atom. The van der Waals surface area contributed by atoms with Gasteiger partial charge < -0.3 is 14.2 Å². The molecule has 4 heteroatoms. The molecule has 4 nitrogen and oxygen atoms in total. The Kier molecular flexibility index (Phi) is 5.85. The molecule has 3 aliphatic rings. The van der Waals surface area contributed by atoms with Crippen molar-refractivity contribution in [3.8, 4) is 0 Å². The molecule has 0 aliphatic carbocycles. The zero-order valence-corrected chi connectivity index (χ0v) is 17.9. The fourth-order valence-electron chi connectivity index (χ4n) is 5.71. The van der Waals surface area contributed by atoms with E-state index in [1.807, 2.05) is 7.11 Å². The zero-order valence-electron chi connectivity index (χ0n) is 17.9. The van der Waals surface area contributed by atoms with Crippen LogP contribution in [-0.4, -0.2) is 55.7 Å². The van der Waals surface area contributed by atoms with E-state index in [0.29, 0.717) is 0 Å². The summed E-state index contributed by atoms with van der Waals surface area (Å²) in [5, 5.41) is 0. The molecule has 28 heavy (non-hydrogen) atoms. The second-order valence-electron chi connectivity index (χ2n) is 9.72. The molecule has 0 spiro atoms. The topological polar surface area (TPSA) is 30.9 Å². The standard InChI is InChI=1S/C24H37NO3/c1-22(20-8-5-4-6-9-20)12-13-23(2)18-24(26-3,14-15-25(23)19-22)11-10-21-27-16-7-17-28-21/h4-6,8-9,21H,7,10-19H2,1-3H3. The molecule has 0 N–H and O–H groups in total. The van der Waals surface area contributed by atoms with Crippen LogP contribution in [0, 0.1) is 0 Å². The molecule has 0 bridgehead atoms. The van der Waals surface area contributed by atoms with Gasteiger partial charge in [-0.15, -0.1) is 0 Å². The number of methoxy groups -OCH3 is 1. The van der Waals surface area contributed by atoms with E-state index in [1.165, 1.54) is 18.4 Å². The van der Waals surface area contributed by atoms with Crippen molar-refractivity contribution >= 4 is 0 Å². The molecule has 0 aromatic heterocycles. The Balaban J connectivity index is 1.43. The van der Waals surface area contributed by atoms with Gasteiger partial charge in [-0.2, -0.15) is 0 Å². The molecule has 156 valence electrons. The predicted molar refractivity (Wildman–Crippen MR) is 112 cm³/mol. The summed E-state index contributed by atoms with van der Waals surface area (Å²) in [6, 6.07) is 11.1. The number of fused-ring (bicyclic) bond motifs is 1. The molecule has 4 rings (SSSR count). The molecule has 3 unspecified atom stereocenters. The third-order valence-electron chi connectivity index (χ3n) is 7.69. The van der Waals surface area contributed by atoms with Gasteiger partial charge in [0, 0.05) is 37.6 Å². The lowest BCUT2D eigenvalue weighted by Gasteiger charge is -2.58. The molecule has 3 atom stereocenters. The summed E-state index contributed by atoms with van der Waals surface area (Å²) < 4.78 is 17.7. The molecule has 3 fully saturated rings. The summed E-state index contributed by atoms with van der Waals surface area (Å²) >= 11 is 0. The molecular formula is C24H37NO3. The van der Waals surface area contributed by atoms with Gasteiger partial charge in [-0.25, -0.2) is 0 Å². The lowest BCUT2D eigenvalue weighted by Crippen LogP contribution is -2.64. The third-order valence-corrected chi connectivity index (χ3v) is 7.69. The highest BCUT2D eigenvalue weighted by atomic mass is 16.7. The summed E-state index contributed by atoms with van der Waals surface area (Å²) in [6.07, 6.45) is 7.58. The summed E-state index contributed by atoms with van der Waals surface area (Å²) in [5.41, 5.74) is 1.90. The minimum absolute atomic E-state index is 0.0423. The van der Waals surface area contributed by atoms with E-state index >= 15 is 0 Å². The number of piperidine rings is 2. The van der Waals surface area contributed by atoms with Crippen molar-refractivity contribution in [2.24, 2.45) is 0 Å². The maximum Gasteiger partial charge on any atom is 0.157 e. The maximum atomic E-state index is 6.18. The Morgan fingerprint density at radius 1 is 1.07 bits per heavy atom. The van der Waals surface area contributed by atoms with E-state index in [9.17, 15) is 0 Å². The summed E-state index contributed by atoms with van der Waals surface area (Å²) in [4.78, 5) is 2.74. The highest BCUT2D eigenvalue weighted by Gasteiger charge is 2.51. The van der Waals surface area contributed by atoms with E-state index in [2.05, 4.69) is 49.1 Å². The van der Waals surface area contributed by atoms with Crippen LogP contribution >= 0.6 is 0 Å². The monoisotopic (exact) mass is 387 g/mol. The van der Waals surface area contributed by atoms with Crippen LogP contribution < -0.4 is 0 Å². The summed E-state index contributed by atoms with van der Waals surface area (Å²) in [7, 11) is 1.90. The smallest absolute Gasteiger partial charge is 0.157 e. The molecule has 1 aromatic rings. The quantitative estimate of drug-likeness (QED) is 0.743. The number of nitrogens with zero attached hydrogens (tertiary/aromatic N) is 1. The number of benzene rings is 1. The van der Waals surface area contributed by atoms with Crippen LogP contribution in [0.4, 0.5) is 0 Å². The van der Waals surface area contributed by atoms with Crippen LogP contribution in [0.2, 0.25) is 0 Å². The number of ether oxygens (including phenoxy) is 3. The third kappa shape index (κ3) is 4.02. The fourth-order valence-corrected chi connectivity index (χ4v) is 5.71. The van der Waals surface area contributed by atoms with Gasteiger partial charge in [-0.3, -0.25) is 4.90 Å². The summed E-state index contributed by atoms with van der Waals surface area (Å²) in [6.45, 7) is 8.81. The first-order valence-electron chi connectivity index (χ1n) is 11.1. The second-order valence-corrected chi connectivity index (χ2v) is 9.72. The van der Waals surface area contributed by atoms with Crippen LogP contribution in [0.25, 0.3) is 0 Å². The first-order valence-corrected chi connectivity index (χ1v) is 11.1. The highest BCUT2D eigenvalue weighted by molar-refractivity contribution is 5.27. The van der Waals surface area contributed by atoms with Gasteiger partial charge in [0.25, 0.3) is 0 Å². The van der Waals surface area contributed by atoms with Crippen molar-refractivity contribution in [1.82, 2.24) is 4.90 Å². The normalized spacial score (nSPS) is 37.5. The van der Waals surface area contributed by atoms with E-state index in [4.69, 9.17) is 14.2 Å². The molecule has 0 saturated carbocycles.